The molecule has 0 aromatic heterocycles. The van der Waals surface area contributed by atoms with Crippen molar-refractivity contribution in [2.45, 2.75) is 12.3 Å². The molecule has 0 saturated carbocycles. The van der Waals surface area contributed by atoms with Crippen molar-refractivity contribution in [3.05, 3.63) is 33.8 Å². The summed E-state index contributed by atoms with van der Waals surface area (Å²) in [6.07, 6.45) is 0.806. The van der Waals surface area contributed by atoms with E-state index in [4.69, 9.17) is 23.2 Å². The van der Waals surface area contributed by atoms with Crippen molar-refractivity contribution in [1.29, 1.82) is 0 Å². The maximum absolute atomic E-state index is 11.4. The summed E-state index contributed by atoms with van der Waals surface area (Å²) in [7, 11) is 0. The highest BCUT2D eigenvalue weighted by Crippen LogP contribution is 2.31. The van der Waals surface area contributed by atoms with E-state index in [1.165, 1.54) is 0 Å². The summed E-state index contributed by atoms with van der Waals surface area (Å²) in [5.74, 6) is -0.0611. The lowest BCUT2D eigenvalue weighted by Gasteiger charge is -2.09. The van der Waals surface area contributed by atoms with Crippen molar-refractivity contribution in [2.75, 3.05) is 6.54 Å². The average Bonchev–Trinajstić information content (AvgIpc) is 2.52. The van der Waals surface area contributed by atoms with Crippen LogP contribution in [0.1, 0.15) is 17.9 Å². The van der Waals surface area contributed by atoms with E-state index in [-0.39, 0.29) is 11.8 Å². The molecule has 1 saturated heterocycles. The smallest absolute Gasteiger partial charge is 0.227 e. The first kappa shape index (κ1) is 9.81. The van der Waals surface area contributed by atoms with Crippen LogP contribution in [0.25, 0.3) is 0 Å². The first-order valence-corrected chi connectivity index (χ1v) is 5.17. The van der Waals surface area contributed by atoms with Crippen molar-refractivity contribution >= 4 is 29.1 Å². The van der Waals surface area contributed by atoms with Gasteiger partial charge in [0.2, 0.25) is 5.91 Å². The third kappa shape index (κ3) is 1.72. The summed E-state index contributed by atoms with van der Waals surface area (Å²) in [4.78, 5) is 11.4. The van der Waals surface area contributed by atoms with Gasteiger partial charge in [0.1, 0.15) is 0 Å². The van der Waals surface area contributed by atoms with Gasteiger partial charge in [-0.2, -0.15) is 0 Å². The molecular weight excluding hydrogens is 221 g/mol. The van der Waals surface area contributed by atoms with Crippen LogP contribution in [0.4, 0.5) is 0 Å². The molecule has 0 radical (unpaired) electrons. The molecule has 1 heterocycles. The van der Waals surface area contributed by atoms with Crippen LogP contribution < -0.4 is 5.32 Å². The predicted molar refractivity (Wildman–Crippen MR) is 56.8 cm³/mol. The van der Waals surface area contributed by atoms with Crippen molar-refractivity contribution in [1.82, 2.24) is 5.32 Å². The fourth-order valence-corrected chi connectivity index (χ4v) is 2.22. The summed E-state index contributed by atoms with van der Waals surface area (Å²) in [6, 6.07) is 5.25. The minimum Gasteiger partial charge on any atom is -0.356 e. The Morgan fingerprint density at radius 3 is 2.71 bits per heavy atom. The second kappa shape index (κ2) is 3.79. The molecule has 0 spiro atoms. The van der Waals surface area contributed by atoms with Crippen LogP contribution in [0, 0.1) is 0 Å². The second-order valence-electron chi connectivity index (χ2n) is 3.30. The van der Waals surface area contributed by atoms with E-state index in [2.05, 4.69) is 5.32 Å². The Morgan fingerprint density at radius 2 is 2.14 bits per heavy atom. The Balaban J connectivity index is 2.36. The lowest BCUT2D eigenvalue weighted by atomic mass is 9.98. The van der Waals surface area contributed by atoms with Crippen molar-refractivity contribution in [3.63, 3.8) is 0 Å². The molecule has 0 aliphatic carbocycles. The summed E-state index contributed by atoms with van der Waals surface area (Å²) < 4.78 is 0. The zero-order valence-electron chi connectivity index (χ0n) is 7.39. The van der Waals surface area contributed by atoms with Crippen LogP contribution >= 0.6 is 23.2 Å². The Morgan fingerprint density at radius 1 is 1.36 bits per heavy atom. The Labute approximate surface area is 92.2 Å². The average molecular weight is 230 g/mol. The van der Waals surface area contributed by atoms with Crippen LogP contribution in [0.15, 0.2) is 18.2 Å². The summed E-state index contributed by atoms with van der Waals surface area (Å²) in [5.41, 5.74) is 0.867. The van der Waals surface area contributed by atoms with Gasteiger partial charge in [0.15, 0.2) is 0 Å². The molecule has 1 atom stereocenters. The van der Waals surface area contributed by atoms with Crippen LogP contribution in [0.5, 0.6) is 0 Å². The number of amides is 1. The van der Waals surface area contributed by atoms with Gasteiger partial charge in [0.25, 0.3) is 0 Å². The first-order chi connectivity index (χ1) is 6.68. The fraction of sp³-hybridized carbons (Fsp3) is 0.300. The van der Waals surface area contributed by atoms with Crippen molar-refractivity contribution in [2.24, 2.45) is 0 Å². The molecule has 74 valence electrons. The molecule has 1 fully saturated rings. The number of benzene rings is 1. The maximum Gasteiger partial charge on any atom is 0.227 e. The largest absolute Gasteiger partial charge is 0.356 e. The van der Waals surface area contributed by atoms with E-state index in [0.29, 0.717) is 10.0 Å². The van der Waals surface area contributed by atoms with Crippen LogP contribution in [0.3, 0.4) is 0 Å². The second-order valence-corrected chi connectivity index (χ2v) is 4.14. The third-order valence-electron chi connectivity index (χ3n) is 2.39. The van der Waals surface area contributed by atoms with E-state index in [1.54, 1.807) is 12.1 Å². The van der Waals surface area contributed by atoms with Crippen LogP contribution in [-0.2, 0) is 4.79 Å². The highest BCUT2D eigenvalue weighted by molar-refractivity contribution is 6.35. The van der Waals surface area contributed by atoms with E-state index < -0.39 is 0 Å². The number of carbonyl (C=O) groups is 1. The highest BCUT2D eigenvalue weighted by Gasteiger charge is 2.27. The molecule has 2 rings (SSSR count). The quantitative estimate of drug-likeness (QED) is 0.789. The van der Waals surface area contributed by atoms with Gasteiger partial charge in [-0.05, 0) is 24.1 Å². The number of halogens is 2. The van der Waals surface area contributed by atoms with E-state index >= 15 is 0 Å². The van der Waals surface area contributed by atoms with Gasteiger partial charge >= 0.3 is 0 Å². The van der Waals surface area contributed by atoms with Gasteiger partial charge < -0.3 is 5.32 Å². The van der Waals surface area contributed by atoms with E-state index in [9.17, 15) is 4.79 Å². The zero-order valence-corrected chi connectivity index (χ0v) is 8.90. The van der Waals surface area contributed by atoms with Gasteiger partial charge in [-0.25, -0.2) is 0 Å². The molecule has 14 heavy (non-hydrogen) atoms. The van der Waals surface area contributed by atoms with Crippen molar-refractivity contribution < 1.29 is 4.79 Å². The number of hydrogen-bond donors (Lipinski definition) is 1. The Hall–Kier alpha value is -0.730. The van der Waals surface area contributed by atoms with Gasteiger partial charge in [0.05, 0.1) is 5.92 Å². The maximum atomic E-state index is 11.4. The van der Waals surface area contributed by atoms with Crippen LogP contribution in [0.2, 0.25) is 10.0 Å². The lowest BCUT2D eigenvalue weighted by molar-refractivity contribution is -0.120. The molecule has 1 aromatic rings. The lowest BCUT2D eigenvalue weighted by Crippen LogP contribution is -2.18. The van der Waals surface area contributed by atoms with E-state index in [0.717, 1.165) is 18.5 Å². The monoisotopic (exact) mass is 229 g/mol. The summed E-state index contributed by atoms with van der Waals surface area (Å²) >= 11 is 11.8. The minimum absolute atomic E-state index is 0.0502. The number of carbonyl (C=O) groups excluding carboxylic acids is 1. The molecule has 2 nitrogen and oxygen atoms in total. The molecule has 1 unspecified atom stereocenters. The van der Waals surface area contributed by atoms with E-state index in [1.807, 2.05) is 6.07 Å². The fourth-order valence-electron chi connectivity index (χ4n) is 1.67. The molecule has 1 aliphatic heterocycles. The summed E-state index contributed by atoms with van der Waals surface area (Å²) in [5, 5.41) is 3.94. The Bertz CT molecular complexity index is 378. The first-order valence-electron chi connectivity index (χ1n) is 4.41. The number of nitrogens with one attached hydrogen (secondary N) is 1. The summed E-state index contributed by atoms with van der Waals surface area (Å²) in [6.45, 7) is 0.725. The molecule has 0 bridgehead atoms. The predicted octanol–water partition coefficient (Wildman–Crippen LogP) is 2.60. The third-order valence-corrected chi connectivity index (χ3v) is 2.95. The van der Waals surface area contributed by atoms with Gasteiger partial charge in [0, 0.05) is 16.6 Å². The number of rotatable bonds is 1. The molecular formula is C10H9Cl2NO. The highest BCUT2D eigenvalue weighted by atomic mass is 35.5. The van der Waals surface area contributed by atoms with Gasteiger partial charge in [-0.1, -0.05) is 29.3 Å². The van der Waals surface area contributed by atoms with Gasteiger partial charge in [-0.15, -0.1) is 0 Å². The zero-order chi connectivity index (χ0) is 10.1. The van der Waals surface area contributed by atoms with Gasteiger partial charge in [-0.3, -0.25) is 4.79 Å². The molecule has 4 heteroatoms. The molecule has 1 aliphatic rings. The molecule has 1 aromatic carbocycles. The van der Waals surface area contributed by atoms with Crippen molar-refractivity contribution in [3.8, 4) is 0 Å². The normalized spacial score (nSPS) is 21.0. The standard InChI is InChI=1S/C10H9Cl2NO/c11-6-1-2-7(9(12)5-6)8-3-4-13-10(8)14/h1-2,5,8H,3-4H2,(H,13,14). The topological polar surface area (TPSA) is 29.1 Å². The number of hydrogen-bond acceptors (Lipinski definition) is 1. The minimum atomic E-state index is -0.111. The van der Waals surface area contributed by atoms with Crippen LogP contribution in [-0.4, -0.2) is 12.5 Å². The Kier molecular flexibility index (Phi) is 2.66. The molecule has 1 amide bonds. The molecule has 1 N–H and O–H groups in total. The SMILES string of the molecule is O=C1NCCC1c1ccc(Cl)cc1Cl.